The number of rotatable bonds is 4. The van der Waals surface area contributed by atoms with Crippen LogP contribution in [0.2, 0.25) is 0 Å². The van der Waals surface area contributed by atoms with Crippen molar-refractivity contribution in [2.45, 2.75) is 20.8 Å². The Balaban J connectivity index is 0. The first-order valence-corrected chi connectivity index (χ1v) is 4.54. The minimum absolute atomic E-state index is 0.509. The molecule has 0 radical (unpaired) electrons. The van der Waals surface area contributed by atoms with Crippen LogP contribution in [0.3, 0.4) is 0 Å². The molecule has 2 nitrogen and oxygen atoms in total. The second-order valence-electron chi connectivity index (χ2n) is 2.13. The molecule has 0 heterocycles. The van der Waals surface area contributed by atoms with Crippen molar-refractivity contribution in [2.24, 2.45) is 0 Å². The number of nitrogens with zero attached hydrogens (tertiary/aromatic N) is 1. The Hall–Kier alpha value is -0.340. The van der Waals surface area contributed by atoms with Crippen LogP contribution in [0.25, 0.3) is 0 Å². The molecule has 12 heavy (non-hydrogen) atoms. The summed E-state index contributed by atoms with van der Waals surface area (Å²) in [6, 6.07) is 0. The van der Waals surface area contributed by atoms with Gasteiger partial charge in [0, 0.05) is 0 Å². The summed E-state index contributed by atoms with van der Waals surface area (Å²) in [6.07, 6.45) is 1.04. The highest BCUT2D eigenvalue weighted by Gasteiger charge is 1.89. The van der Waals surface area contributed by atoms with Gasteiger partial charge in [-0.2, -0.15) is 0 Å². The lowest BCUT2D eigenvalue weighted by molar-refractivity contribution is -0.107. The third-order valence-electron chi connectivity index (χ3n) is 1.50. The van der Waals surface area contributed by atoms with Crippen LogP contribution in [0.1, 0.15) is 20.8 Å². The van der Waals surface area contributed by atoms with Crippen molar-refractivity contribution in [1.82, 2.24) is 4.90 Å². The molecule has 0 saturated heterocycles. The van der Waals surface area contributed by atoms with Gasteiger partial charge in [0.15, 0.2) is 0 Å². The van der Waals surface area contributed by atoms with Gasteiger partial charge in [0.05, 0.1) is 0 Å². The molecule has 0 bridgehead atoms. The van der Waals surface area contributed by atoms with Gasteiger partial charge in [0.2, 0.25) is 5.24 Å². The minimum atomic E-state index is -0.509. The highest BCUT2D eigenvalue weighted by Crippen LogP contribution is 1.81. The van der Waals surface area contributed by atoms with Crippen molar-refractivity contribution < 1.29 is 4.79 Å². The normalized spacial score (nSPS) is 8.75. The smallest absolute Gasteiger partial charge is 0.244 e. The molecule has 0 aromatic rings. The van der Waals surface area contributed by atoms with Crippen molar-refractivity contribution >= 4 is 16.8 Å². The topological polar surface area (TPSA) is 20.3 Å². The van der Waals surface area contributed by atoms with Crippen molar-refractivity contribution in [3.63, 3.8) is 0 Å². The van der Waals surface area contributed by atoms with E-state index in [1.807, 2.05) is 0 Å². The maximum atomic E-state index is 9.46. The lowest BCUT2D eigenvalue weighted by atomic mass is 10.5. The van der Waals surface area contributed by atoms with Crippen LogP contribution in [0.4, 0.5) is 0 Å². The predicted octanol–water partition coefficient (Wildman–Crippen LogP) is 2.29. The summed E-state index contributed by atoms with van der Waals surface area (Å²) < 4.78 is 0. The van der Waals surface area contributed by atoms with Gasteiger partial charge in [-0.1, -0.05) is 27.4 Å². The molecule has 0 aliphatic heterocycles. The molecule has 0 fully saturated rings. The number of allylic oxidation sites excluding steroid dienone is 1. The molecule has 0 aliphatic carbocycles. The zero-order valence-corrected chi connectivity index (χ0v) is 8.90. The van der Waals surface area contributed by atoms with E-state index in [0.717, 1.165) is 6.08 Å². The fourth-order valence-electron chi connectivity index (χ4n) is 0.671. The molecule has 0 aromatic heterocycles. The van der Waals surface area contributed by atoms with Crippen molar-refractivity contribution in [3.05, 3.63) is 12.7 Å². The zero-order valence-electron chi connectivity index (χ0n) is 8.14. The molecule has 3 heteroatoms. The van der Waals surface area contributed by atoms with Crippen LogP contribution in [-0.2, 0) is 4.79 Å². The first-order chi connectivity index (χ1) is 5.62. The molecule has 0 N–H and O–H groups in total. The van der Waals surface area contributed by atoms with Crippen LogP contribution in [-0.4, -0.2) is 29.8 Å². The first-order valence-electron chi connectivity index (χ1n) is 4.16. The molecular weight excluding hydrogens is 174 g/mol. The highest BCUT2D eigenvalue weighted by atomic mass is 35.5. The number of carbonyl (C=O) groups excluding carboxylic acids is 1. The van der Waals surface area contributed by atoms with E-state index in [2.05, 4.69) is 32.3 Å². The summed E-state index contributed by atoms with van der Waals surface area (Å²) >= 11 is 4.71. The Labute approximate surface area is 80.2 Å². The fraction of sp³-hybridized carbons (Fsp3) is 0.667. The van der Waals surface area contributed by atoms with Crippen LogP contribution >= 0.6 is 11.6 Å². The molecule has 0 amide bonds. The number of hydrogen-bond acceptors (Lipinski definition) is 2. The Bertz CT molecular complexity index is 116. The molecule has 0 unspecified atom stereocenters. The lowest BCUT2D eigenvalue weighted by Crippen LogP contribution is -2.21. The van der Waals surface area contributed by atoms with Gasteiger partial charge in [0.1, 0.15) is 0 Å². The SMILES string of the molecule is C=CC(=O)Cl.CCN(CC)CC. The van der Waals surface area contributed by atoms with Crippen molar-refractivity contribution in [3.8, 4) is 0 Å². The Morgan fingerprint density at radius 1 is 1.33 bits per heavy atom. The minimum Gasteiger partial charge on any atom is -0.304 e. The number of carbonyl (C=O) groups is 1. The Morgan fingerprint density at radius 2 is 1.58 bits per heavy atom. The molecule has 0 saturated carbocycles. The molecule has 0 rings (SSSR count). The molecule has 0 spiro atoms. The fourth-order valence-corrected chi connectivity index (χ4v) is 0.671. The summed E-state index contributed by atoms with van der Waals surface area (Å²) in [6.45, 7) is 13.2. The first kappa shape index (κ1) is 14.2. The van der Waals surface area contributed by atoms with Crippen molar-refractivity contribution in [1.29, 1.82) is 0 Å². The van der Waals surface area contributed by atoms with Crippen LogP contribution in [0, 0.1) is 0 Å². The maximum absolute atomic E-state index is 9.46. The van der Waals surface area contributed by atoms with Crippen molar-refractivity contribution in [2.75, 3.05) is 19.6 Å². The number of halogens is 1. The van der Waals surface area contributed by atoms with Gasteiger partial charge in [-0.05, 0) is 37.3 Å². The van der Waals surface area contributed by atoms with E-state index in [1.54, 1.807) is 0 Å². The van der Waals surface area contributed by atoms with E-state index in [-0.39, 0.29) is 0 Å². The summed E-state index contributed by atoms with van der Waals surface area (Å²) in [7, 11) is 0. The van der Waals surface area contributed by atoms with Crippen LogP contribution in [0.5, 0.6) is 0 Å². The summed E-state index contributed by atoms with van der Waals surface area (Å²) in [5.74, 6) is 0. The van der Waals surface area contributed by atoms with E-state index in [9.17, 15) is 4.79 Å². The number of hydrogen-bond donors (Lipinski definition) is 0. The summed E-state index contributed by atoms with van der Waals surface area (Å²) in [5.41, 5.74) is 0. The Kier molecular flexibility index (Phi) is 12.6. The van der Waals surface area contributed by atoms with Gasteiger partial charge < -0.3 is 4.90 Å². The van der Waals surface area contributed by atoms with E-state index in [1.165, 1.54) is 19.6 Å². The van der Waals surface area contributed by atoms with E-state index in [4.69, 9.17) is 11.6 Å². The average Bonchev–Trinajstić information content (AvgIpc) is 2.09. The van der Waals surface area contributed by atoms with E-state index >= 15 is 0 Å². The average molecular weight is 192 g/mol. The van der Waals surface area contributed by atoms with Gasteiger partial charge in [0.25, 0.3) is 0 Å². The van der Waals surface area contributed by atoms with Gasteiger partial charge >= 0.3 is 0 Å². The molecular formula is C9H18ClNO. The van der Waals surface area contributed by atoms with Gasteiger partial charge in [-0.3, -0.25) is 4.79 Å². The maximum Gasteiger partial charge on any atom is 0.244 e. The summed E-state index contributed by atoms with van der Waals surface area (Å²) in [4.78, 5) is 11.8. The van der Waals surface area contributed by atoms with Crippen LogP contribution < -0.4 is 0 Å². The molecule has 72 valence electrons. The Morgan fingerprint density at radius 3 is 1.58 bits per heavy atom. The lowest BCUT2D eigenvalue weighted by Gasteiger charge is -2.13. The third-order valence-corrected chi connectivity index (χ3v) is 1.66. The van der Waals surface area contributed by atoms with Crippen LogP contribution in [0.15, 0.2) is 12.7 Å². The monoisotopic (exact) mass is 191 g/mol. The third kappa shape index (κ3) is 12.3. The second kappa shape index (κ2) is 10.7. The highest BCUT2D eigenvalue weighted by molar-refractivity contribution is 6.66. The largest absolute Gasteiger partial charge is 0.304 e. The van der Waals surface area contributed by atoms with E-state index in [0.29, 0.717) is 0 Å². The second-order valence-corrected chi connectivity index (χ2v) is 2.50. The van der Waals surface area contributed by atoms with Gasteiger partial charge in [-0.15, -0.1) is 0 Å². The molecule has 0 atom stereocenters. The molecule has 0 aromatic carbocycles. The summed E-state index contributed by atoms with van der Waals surface area (Å²) in [5, 5.41) is -0.509. The standard InChI is InChI=1S/C6H15N.C3H3ClO/c1-4-7(5-2)6-3;1-2-3(4)5/h4-6H2,1-3H3;2H,1H2. The quantitative estimate of drug-likeness (QED) is 0.502. The molecule has 0 aliphatic rings. The van der Waals surface area contributed by atoms with Gasteiger partial charge in [-0.25, -0.2) is 0 Å². The zero-order chi connectivity index (χ0) is 9.98. The predicted molar refractivity (Wildman–Crippen MR) is 54.5 cm³/mol. The van der Waals surface area contributed by atoms with E-state index < -0.39 is 5.24 Å².